The van der Waals surface area contributed by atoms with Gasteiger partial charge in [0.05, 0.1) is 17.3 Å². The number of hydrogen-bond acceptors (Lipinski definition) is 6. The second-order valence-electron chi connectivity index (χ2n) is 8.91. The Morgan fingerprint density at radius 3 is 2.41 bits per heavy atom. The number of nitrogens with two attached hydrogens (primary N) is 1. The van der Waals surface area contributed by atoms with Crippen molar-refractivity contribution in [3.8, 4) is 6.07 Å². The van der Waals surface area contributed by atoms with Gasteiger partial charge in [-0.3, -0.25) is 4.90 Å². The molecule has 1 heterocycles. The molecule has 0 unspecified atom stereocenters. The lowest BCUT2D eigenvalue weighted by molar-refractivity contribution is 0.248. The first-order valence-electron chi connectivity index (χ1n) is 11.4. The third-order valence-electron chi connectivity index (χ3n) is 6.49. The zero-order valence-corrected chi connectivity index (χ0v) is 18.8. The van der Waals surface area contributed by atoms with Crippen LogP contribution in [0.2, 0.25) is 0 Å². The van der Waals surface area contributed by atoms with Crippen LogP contribution in [-0.4, -0.2) is 42.2 Å². The van der Waals surface area contributed by atoms with Crippen LogP contribution in [0.25, 0.3) is 0 Å². The van der Waals surface area contributed by atoms with Crippen molar-refractivity contribution in [3.63, 3.8) is 0 Å². The van der Waals surface area contributed by atoms with Crippen LogP contribution in [0.3, 0.4) is 0 Å². The van der Waals surface area contributed by atoms with Crippen LogP contribution >= 0.6 is 0 Å². The molecule has 2 aliphatic rings. The second kappa shape index (κ2) is 9.43. The molecule has 8 heteroatoms. The van der Waals surface area contributed by atoms with E-state index in [9.17, 15) is 4.79 Å². The van der Waals surface area contributed by atoms with E-state index in [2.05, 4.69) is 16.3 Å². The van der Waals surface area contributed by atoms with Gasteiger partial charge in [-0.25, -0.2) is 9.78 Å². The van der Waals surface area contributed by atoms with Crippen molar-refractivity contribution in [2.75, 3.05) is 29.2 Å². The van der Waals surface area contributed by atoms with E-state index in [0.29, 0.717) is 11.5 Å². The number of benzene rings is 1. The number of fused-ring (bicyclic) bond motifs is 1. The summed E-state index contributed by atoms with van der Waals surface area (Å²) in [6, 6.07) is 8.96. The number of nitriles is 1. The Morgan fingerprint density at radius 2 is 1.78 bits per heavy atom. The average molecular weight is 434 g/mol. The van der Waals surface area contributed by atoms with E-state index in [-0.39, 0.29) is 12.1 Å². The zero-order valence-electron chi connectivity index (χ0n) is 18.8. The molecule has 1 aromatic carbocycles. The van der Waals surface area contributed by atoms with Gasteiger partial charge in [0.1, 0.15) is 5.82 Å². The smallest absolute Gasteiger partial charge is 0.319 e. The number of carbonyl (C=O) groups excluding carboxylic acids is 1. The highest BCUT2D eigenvalue weighted by Gasteiger charge is 2.30. The number of hydrogen-bond donors (Lipinski definition) is 2. The van der Waals surface area contributed by atoms with Crippen molar-refractivity contribution in [1.82, 2.24) is 9.97 Å². The van der Waals surface area contributed by atoms with Gasteiger partial charge in [-0.15, -0.1) is 0 Å². The minimum atomic E-state index is -0.459. The Balaban J connectivity index is 1.44. The molecule has 4 rings (SSSR count). The van der Waals surface area contributed by atoms with Crippen molar-refractivity contribution >= 4 is 23.5 Å². The van der Waals surface area contributed by atoms with Gasteiger partial charge in [0.25, 0.3) is 0 Å². The molecule has 1 fully saturated rings. The third-order valence-corrected chi connectivity index (χ3v) is 6.49. The van der Waals surface area contributed by atoms with Gasteiger partial charge in [-0.05, 0) is 75.6 Å². The molecule has 0 bridgehead atoms. The molecule has 0 saturated heterocycles. The van der Waals surface area contributed by atoms with E-state index in [1.165, 1.54) is 24.1 Å². The van der Waals surface area contributed by atoms with Gasteiger partial charge in [0, 0.05) is 37.4 Å². The molecule has 1 aromatic heterocycles. The first kappa shape index (κ1) is 21.9. The number of amides is 2. The summed E-state index contributed by atoms with van der Waals surface area (Å²) in [6.45, 7) is 0. The number of carbonyl (C=O) groups is 1. The maximum absolute atomic E-state index is 12.2. The van der Waals surface area contributed by atoms with Crippen LogP contribution in [0, 0.1) is 11.3 Å². The SMILES string of the molecule is CN(C)c1nc(N[C@H]2CC[C@@H](N(C(N)=O)c3ccc(C#N)cc3)CC2)nc2c1CCCC2. The second-order valence-corrected chi connectivity index (χ2v) is 8.91. The molecule has 168 valence electrons. The molecular formula is C24H31N7O. The van der Waals surface area contributed by atoms with Crippen LogP contribution < -0.4 is 20.9 Å². The lowest BCUT2D eigenvalue weighted by Gasteiger charge is -2.36. The molecule has 2 aliphatic carbocycles. The summed E-state index contributed by atoms with van der Waals surface area (Å²) >= 11 is 0. The van der Waals surface area contributed by atoms with E-state index in [4.69, 9.17) is 21.0 Å². The van der Waals surface area contributed by atoms with E-state index in [0.717, 1.165) is 50.0 Å². The predicted octanol–water partition coefficient (Wildman–Crippen LogP) is 3.60. The number of rotatable bonds is 5. The molecule has 32 heavy (non-hydrogen) atoms. The van der Waals surface area contributed by atoms with Gasteiger partial charge in [-0.2, -0.15) is 10.2 Å². The first-order valence-corrected chi connectivity index (χ1v) is 11.4. The van der Waals surface area contributed by atoms with Crippen molar-refractivity contribution in [2.45, 2.75) is 63.5 Å². The fourth-order valence-electron chi connectivity index (χ4n) is 4.88. The van der Waals surface area contributed by atoms with Gasteiger partial charge in [-0.1, -0.05) is 0 Å². The van der Waals surface area contributed by atoms with Gasteiger partial charge >= 0.3 is 6.03 Å². The van der Waals surface area contributed by atoms with Crippen LogP contribution in [0.4, 0.5) is 22.2 Å². The number of aryl methyl sites for hydroxylation is 1. The first-order chi connectivity index (χ1) is 15.5. The monoisotopic (exact) mass is 433 g/mol. The van der Waals surface area contributed by atoms with Crippen molar-refractivity contribution in [3.05, 3.63) is 41.1 Å². The Kier molecular flexibility index (Phi) is 6.45. The fourth-order valence-corrected chi connectivity index (χ4v) is 4.88. The van der Waals surface area contributed by atoms with Crippen LogP contribution in [0.1, 0.15) is 55.3 Å². The largest absolute Gasteiger partial charge is 0.362 e. The Morgan fingerprint density at radius 1 is 1.09 bits per heavy atom. The zero-order chi connectivity index (χ0) is 22.7. The number of nitrogens with one attached hydrogen (secondary N) is 1. The highest BCUT2D eigenvalue weighted by Crippen LogP contribution is 2.31. The van der Waals surface area contributed by atoms with E-state index < -0.39 is 6.03 Å². The predicted molar refractivity (Wildman–Crippen MR) is 126 cm³/mol. The number of aromatic nitrogens is 2. The van der Waals surface area contributed by atoms with E-state index >= 15 is 0 Å². The number of anilines is 3. The molecule has 2 amide bonds. The summed E-state index contributed by atoms with van der Waals surface area (Å²) in [5.41, 5.74) is 9.48. The number of urea groups is 1. The summed E-state index contributed by atoms with van der Waals surface area (Å²) in [5.74, 6) is 1.73. The van der Waals surface area contributed by atoms with Crippen LogP contribution in [0.5, 0.6) is 0 Å². The van der Waals surface area contributed by atoms with E-state index in [1.807, 2.05) is 14.1 Å². The van der Waals surface area contributed by atoms with Crippen molar-refractivity contribution in [2.24, 2.45) is 5.73 Å². The molecule has 0 aliphatic heterocycles. The molecule has 0 radical (unpaired) electrons. The van der Waals surface area contributed by atoms with Crippen molar-refractivity contribution < 1.29 is 4.79 Å². The molecule has 0 atom stereocenters. The topological polar surface area (TPSA) is 111 Å². The minimum absolute atomic E-state index is 0.0419. The Labute approximate surface area is 189 Å². The normalized spacial score (nSPS) is 20.0. The highest BCUT2D eigenvalue weighted by molar-refractivity contribution is 5.91. The minimum Gasteiger partial charge on any atom is -0.362 e. The number of primary amides is 1. The lowest BCUT2D eigenvalue weighted by atomic mass is 9.90. The molecule has 3 N–H and O–H groups in total. The fraction of sp³-hybridized carbons (Fsp3) is 0.500. The maximum atomic E-state index is 12.2. The molecule has 2 aromatic rings. The average Bonchev–Trinajstić information content (AvgIpc) is 2.80. The molecule has 8 nitrogen and oxygen atoms in total. The third kappa shape index (κ3) is 4.62. The summed E-state index contributed by atoms with van der Waals surface area (Å²) in [4.78, 5) is 25.6. The van der Waals surface area contributed by atoms with Gasteiger partial charge in [0.2, 0.25) is 5.95 Å². The standard InChI is InChI=1S/C24H31N7O/c1-30(2)22-20-5-3-4-6-21(20)28-24(29-22)27-17-9-13-19(14-10-17)31(23(26)32)18-11-7-16(15-25)8-12-18/h7-8,11-12,17,19H,3-6,9-10,13-14H2,1-2H3,(H2,26,32)(H,27,28,29)/t17-,19+. The van der Waals surface area contributed by atoms with Gasteiger partial charge in [0.15, 0.2) is 0 Å². The Bertz CT molecular complexity index is 1000. The van der Waals surface area contributed by atoms with Crippen molar-refractivity contribution in [1.29, 1.82) is 5.26 Å². The molecular weight excluding hydrogens is 402 g/mol. The van der Waals surface area contributed by atoms with Crippen LogP contribution in [0.15, 0.2) is 24.3 Å². The summed E-state index contributed by atoms with van der Waals surface area (Å²) in [5, 5.41) is 12.6. The Hall–Kier alpha value is -3.34. The summed E-state index contributed by atoms with van der Waals surface area (Å²) < 4.78 is 0. The number of nitrogens with zero attached hydrogens (tertiary/aromatic N) is 5. The van der Waals surface area contributed by atoms with E-state index in [1.54, 1.807) is 29.2 Å². The van der Waals surface area contributed by atoms with Gasteiger partial charge < -0.3 is 16.0 Å². The lowest BCUT2D eigenvalue weighted by Crippen LogP contribution is -2.46. The maximum Gasteiger partial charge on any atom is 0.319 e. The summed E-state index contributed by atoms with van der Waals surface area (Å²) in [6.07, 6.45) is 7.93. The quantitative estimate of drug-likeness (QED) is 0.745. The summed E-state index contributed by atoms with van der Waals surface area (Å²) in [7, 11) is 4.07. The molecule has 1 saturated carbocycles. The van der Waals surface area contributed by atoms with Crippen LogP contribution in [-0.2, 0) is 12.8 Å². The molecule has 0 spiro atoms. The highest BCUT2D eigenvalue weighted by atomic mass is 16.2.